The Labute approximate surface area is 129 Å². The lowest BCUT2D eigenvalue weighted by Crippen LogP contribution is -2.29. The van der Waals surface area contributed by atoms with Crippen LogP contribution in [0.2, 0.25) is 0 Å². The van der Waals surface area contributed by atoms with Crippen LogP contribution in [0.3, 0.4) is 0 Å². The van der Waals surface area contributed by atoms with Gasteiger partial charge in [-0.25, -0.2) is 4.79 Å². The fraction of sp³-hybridized carbons (Fsp3) is 0.562. The molecule has 4 heteroatoms. The Hall–Kier alpha value is -1.03. The molecule has 0 N–H and O–H groups in total. The number of carbonyl (C=O) groups is 1. The molecular weight excluding hydrogens is 320 g/mol. The van der Waals surface area contributed by atoms with Crippen LogP contribution < -0.4 is 4.74 Å². The first kappa shape index (κ1) is 17.0. The molecule has 0 amide bonds. The number of rotatable bonds is 7. The minimum atomic E-state index is -0.529. The van der Waals surface area contributed by atoms with Crippen molar-refractivity contribution in [1.29, 1.82) is 0 Å². The number of hydrogen-bond acceptors (Lipinski definition) is 3. The maximum atomic E-state index is 11.9. The maximum Gasteiger partial charge on any atom is 0.347 e. The molecule has 0 bridgehead atoms. The number of benzene rings is 1. The largest absolute Gasteiger partial charge is 0.478 e. The van der Waals surface area contributed by atoms with Crippen molar-refractivity contribution < 1.29 is 14.3 Å². The van der Waals surface area contributed by atoms with Crippen LogP contribution in [0, 0.1) is 0 Å². The molecule has 1 aromatic carbocycles. The van der Waals surface area contributed by atoms with Crippen LogP contribution >= 0.6 is 15.9 Å². The number of carbonyl (C=O) groups excluding carboxylic acids is 1. The van der Waals surface area contributed by atoms with Crippen LogP contribution in [-0.4, -0.2) is 18.7 Å². The van der Waals surface area contributed by atoms with Gasteiger partial charge < -0.3 is 9.47 Å². The summed E-state index contributed by atoms with van der Waals surface area (Å²) in [6.07, 6.45) is 1.00. The molecule has 1 atom stereocenters. The molecule has 0 aliphatic carbocycles. The van der Waals surface area contributed by atoms with E-state index in [0.29, 0.717) is 18.9 Å². The van der Waals surface area contributed by atoms with Crippen molar-refractivity contribution in [2.45, 2.75) is 52.6 Å². The summed E-state index contributed by atoms with van der Waals surface area (Å²) >= 11 is 3.47. The highest BCUT2D eigenvalue weighted by Gasteiger charge is 2.22. The van der Waals surface area contributed by atoms with Gasteiger partial charge in [0.15, 0.2) is 6.10 Å². The third-order valence-corrected chi connectivity index (χ3v) is 3.46. The Morgan fingerprint density at radius 3 is 2.55 bits per heavy atom. The molecule has 20 heavy (non-hydrogen) atoms. The molecule has 0 spiro atoms. The van der Waals surface area contributed by atoms with E-state index in [2.05, 4.69) is 29.8 Å². The van der Waals surface area contributed by atoms with Gasteiger partial charge in [0, 0.05) is 4.47 Å². The maximum absolute atomic E-state index is 11.9. The molecular formula is C16H23BrO3. The molecule has 1 rings (SSSR count). The summed E-state index contributed by atoms with van der Waals surface area (Å²) in [5.74, 6) is 0.800. The van der Waals surface area contributed by atoms with Gasteiger partial charge in [0.1, 0.15) is 5.75 Å². The van der Waals surface area contributed by atoms with Gasteiger partial charge in [-0.2, -0.15) is 0 Å². The van der Waals surface area contributed by atoms with Crippen molar-refractivity contribution in [2.24, 2.45) is 0 Å². The van der Waals surface area contributed by atoms with E-state index in [1.807, 2.05) is 25.1 Å². The molecule has 0 aliphatic rings. The molecule has 0 fully saturated rings. The highest BCUT2D eigenvalue weighted by atomic mass is 79.9. The second-order valence-electron chi connectivity index (χ2n) is 4.98. The van der Waals surface area contributed by atoms with Crippen LogP contribution in [0.5, 0.6) is 5.75 Å². The van der Waals surface area contributed by atoms with Gasteiger partial charge >= 0.3 is 5.97 Å². The monoisotopic (exact) mass is 342 g/mol. The Kier molecular flexibility index (Phi) is 7.06. The summed E-state index contributed by atoms with van der Waals surface area (Å²) in [5.41, 5.74) is 1.09. The summed E-state index contributed by atoms with van der Waals surface area (Å²) in [6.45, 7) is 8.42. The molecule has 112 valence electrons. The van der Waals surface area contributed by atoms with Gasteiger partial charge in [0.2, 0.25) is 0 Å². The van der Waals surface area contributed by atoms with Gasteiger partial charge in [-0.05, 0) is 43.0 Å². The highest BCUT2D eigenvalue weighted by molar-refractivity contribution is 9.10. The average Bonchev–Trinajstić information content (AvgIpc) is 2.40. The predicted octanol–water partition coefficient (Wildman–Crippen LogP) is 4.68. The standard InChI is InChI=1S/C16H23BrO3/c1-5-7-15(16(18)19-6-2)20-14-9-8-12(17)10-13(14)11(3)4/h8-11,15H,5-7H2,1-4H3. The van der Waals surface area contributed by atoms with Crippen LogP contribution in [-0.2, 0) is 9.53 Å². The first-order valence-electron chi connectivity index (χ1n) is 7.12. The second kappa shape index (κ2) is 8.30. The zero-order valence-electron chi connectivity index (χ0n) is 12.6. The summed E-state index contributed by atoms with van der Waals surface area (Å²) < 4.78 is 12.0. The first-order chi connectivity index (χ1) is 9.49. The van der Waals surface area contributed by atoms with Crippen LogP contribution in [0.1, 0.15) is 52.0 Å². The minimum absolute atomic E-state index is 0.285. The van der Waals surface area contributed by atoms with Gasteiger partial charge in [-0.15, -0.1) is 0 Å². The lowest BCUT2D eigenvalue weighted by Gasteiger charge is -2.20. The summed E-state index contributed by atoms with van der Waals surface area (Å²) in [7, 11) is 0. The number of esters is 1. The molecule has 1 unspecified atom stereocenters. The third-order valence-electron chi connectivity index (χ3n) is 2.96. The Bertz CT molecular complexity index is 443. The molecule has 0 heterocycles. The summed E-state index contributed by atoms with van der Waals surface area (Å²) in [6, 6.07) is 5.87. The van der Waals surface area contributed by atoms with E-state index in [4.69, 9.17) is 9.47 Å². The average molecular weight is 343 g/mol. The van der Waals surface area contributed by atoms with Gasteiger partial charge in [0.05, 0.1) is 6.61 Å². The molecule has 0 aliphatic heterocycles. The van der Waals surface area contributed by atoms with E-state index in [0.717, 1.165) is 22.2 Å². The van der Waals surface area contributed by atoms with Crippen LogP contribution in [0.4, 0.5) is 0 Å². The Morgan fingerprint density at radius 1 is 1.30 bits per heavy atom. The van der Waals surface area contributed by atoms with Crippen molar-refractivity contribution in [3.8, 4) is 5.75 Å². The predicted molar refractivity (Wildman–Crippen MR) is 84.2 cm³/mol. The molecule has 0 aromatic heterocycles. The zero-order valence-corrected chi connectivity index (χ0v) is 14.2. The summed E-state index contributed by atoms with van der Waals surface area (Å²) in [5, 5.41) is 0. The fourth-order valence-corrected chi connectivity index (χ4v) is 2.33. The van der Waals surface area contributed by atoms with E-state index in [1.54, 1.807) is 6.92 Å². The number of halogens is 1. The van der Waals surface area contributed by atoms with Gasteiger partial charge in [-0.1, -0.05) is 43.1 Å². The quantitative estimate of drug-likeness (QED) is 0.674. The number of ether oxygens (including phenoxy) is 2. The van der Waals surface area contributed by atoms with Gasteiger partial charge in [-0.3, -0.25) is 0 Å². The fourth-order valence-electron chi connectivity index (χ4n) is 1.95. The van der Waals surface area contributed by atoms with Gasteiger partial charge in [0.25, 0.3) is 0 Å². The van der Waals surface area contributed by atoms with E-state index < -0.39 is 6.10 Å². The van der Waals surface area contributed by atoms with Crippen molar-refractivity contribution in [1.82, 2.24) is 0 Å². The Morgan fingerprint density at radius 2 is 2.00 bits per heavy atom. The second-order valence-corrected chi connectivity index (χ2v) is 5.90. The van der Waals surface area contributed by atoms with Crippen molar-refractivity contribution in [2.75, 3.05) is 6.61 Å². The molecule has 0 radical (unpaired) electrons. The first-order valence-corrected chi connectivity index (χ1v) is 7.91. The highest BCUT2D eigenvalue weighted by Crippen LogP contribution is 2.30. The lowest BCUT2D eigenvalue weighted by molar-refractivity contribution is -0.151. The molecule has 3 nitrogen and oxygen atoms in total. The molecule has 0 saturated carbocycles. The van der Waals surface area contributed by atoms with E-state index in [1.165, 1.54) is 0 Å². The smallest absolute Gasteiger partial charge is 0.347 e. The van der Waals surface area contributed by atoms with Crippen LogP contribution in [0.25, 0.3) is 0 Å². The van der Waals surface area contributed by atoms with Crippen molar-refractivity contribution in [3.05, 3.63) is 28.2 Å². The molecule has 0 saturated heterocycles. The van der Waals surface area contributed by atoms with Crippen molar-refractivity contribution in [3.63, 3.8) is 0 Å². The van der Waals surface area contributed by atoms with Crippen molar-refractivity contribution >= 4 is 21.9 Å². The SMILES string of the molecule is CCCC(Oc1ccc(Br)cc1C(C)C)C(=O)OCC. The Balaban J connectivity index is 2.95. The summed E-state index contributed by atoms with van der Waals surface area (Å²) in [4.78, 5) is 11.9. The zero-order chi connectivity index (χ0) is 15.1. The van der Waals surface area contributed by atoms with E-state index in [9.17, 15) is 4.79 Å². The van der Waals surface area contributed by atoms with E-state index >= 15 is 0 Å². The molecule has 1 aromatic rings. The minimum Gasteiger partial charge on any atom is -0.478 e. The van der Waals surface area contributed by atoms with E-state index in [-0.39, 0.29) is 5.97 Å². The third kappa shape index (κ3) is 4.82. The topological polar surface area (TPSA) is 35.5 Å². The lowest BCUT2D eigenvalue weighted by atomic mass is 10.0. The normalized spacial score (nSPS) is 12.3. The number of hydrogen-bond donors (Lipinski definition) is 0. The van der Waals surface area contributed by atoms with Crippen LogP contribution in [0.15, 0.2) is 22.7 Å².